The summed E-state index contributed by atoms with van der Waals surface area (Å²) in [6, 6.07) is 19.7. The van der Waals surface area contributed by atoms with E-state index in [1.165, 1.54) is 6.26 Å². The number of hydrogen-bond acceptors (Lipinski definition) is 4. The van der Waals surface area contributed by atoms with Gasteiger partial charge in [-0.05, 0) is 56.2 Å². The predicted octanol–water partition coefficient (Wildman–Crippen LogP) is 4.98. The van der Waals surface area contributed by atoms with Crippen LogP contribution >= 0.6 is 0 Å². The van der Waals surface area contributed by atoms with Crippen molar-refractivity contribution in [2.24, 2.45) is 0 Å². The number of carbonyl (C=O) groups excluding carboxylic acids is 1. The van der Waals surface area contributed by atoms with Crippen LogP contribution in [0.4, 0.5) is 0 Å². The molecule has 3 aromatic rings. The molecule has 30 heavy (non-hydrogen) atoms. The Morgan fingerprint density at radius 2 is 1.77 bits per heavy atom. The molecule has 0 aliphatic rings. The number of hydrogen-bond donors (Lipinski definition) is 1. The van der Waals surface area contributed by atoms with Gasteiger partial charge in [-0.15, -0.1) is 0 Å². The van der Waals surface area contributed by atoms with E-state index in [1.54, 1.807) is 31.2 Å². The molecule has 2 aromatic carbocycles. The number of aryl methyl sites for hydroxylation is 1. The molecule has 0 radical (unpaired) electrons. The summed E-state index contributed by atoms with van der Waals surface area (Å²) in [6.45, 7) is 5.81. The van der Waals surface area contributed by atoms with Gasteiger partial charge in [0.1, 0.15) is 22.8 Å². The Morgan fingerprint density at radius 3 is 2.37 bits per heavy atom. The first-order valence-corrected chi connectivity index (χ1v) is 10.9. The van der Waals surface area contributed by atoms with Gasteiger partial charge in [-0.1, -0.05) is 48.0 Å². The lowest BCUT2D eigenvalue weighted by Crippen LogP contribution is -2.29. The van der Waals surface area contributed by atoms with Gasteiger partial charge in [-0.25, -0.2) is 13.7 Å². The largest absolute Gasteiger partial charge is 0.467 e. The fraction of sp³-hybridized carbons (Fsp3) is 0.208. The average molecular weight is 424 g/mol. The molecule has 1 N–H and O–H groups in total. The molecule has 0 bridgehead atoms. The third-order valence-electron chi connectivity index (χ3n) is 4.68. The van der Waals surface area contributed by atoms with Gasteiger partial charge in [-0.2, -0.15) is 0 Å². The molecule has 2 atom stereocenters. The van der Waals surface area contributed by atoms with Crippen molar-refractivity contribution >= 4 is 22.5 Å². The number of benzene rings is 2. The fourth-order valence-corrected chi connectivity index (χ4v) is 4.06. The van der Waals surface area contributed by atoms with E-state index in [9.17, 15) is 9.00 Å². The summed E-state index contributed by atoms with van der Waals surface area (Å²) in [5.41, 5.74) is 3.03. The van der Waals surface area contributed by atoms with Crippen molar-refractivity contribution in [1.82, 2.24) is 4.72 Å². The Kier molecular flexibility index (Phi) is 7.38. The highest BCUT2D eigenvalue weighted by Crippen LogP contribution is 2.31. The third-order valence-corrected chi connectivity index (χ3v) is 5.83. The predicted molar refractivity (Wildman–Crippen MR) is 118 cm³/mol. The number of carbonyl (C=O) groups is 1. The summed E-state index contributed by atoms with van der Waals surface area (Å²) in [5, 5.41) is 0. The van der Waals surface area contributed by atoms with E-state index in [0.717, 1.165) is 16.7 Å². The molecular formula is C24H25NO4S. The van der Waals surface area contributed by atoms with Crippen molar-refractivity contribution in [3.63, 3.8) is 0 Å². The maximum absolute atomic E-state index is 13.1. The number of furan rings is 1. The molecule has 0 fully saturated rings. The Bertz CT molecular complexity index is 1020. The smallest absolute Gasteiger partial charge is 0.336 e. The van der Waals surface area contributed by atoms with Crippen LogP contribution in [0.25, 0.3) is 5.57 Å². The minimum absolute atomic E-state index is 0.232. The molecule has 0 aliphatic heterocycles. The lowest BCUT2D eigenvalue weighted by Gasteiger charge is -2.21. The van der Waals surface area contributed by atoms with Crippen molar-refractivity contribution in [2.75, 3.05) is 6.61 Å². The maximum atomic E-state index is 13.1. The molecule has 1 heterocycles. The Balaban J connectivity index is 2.07. The summed E-state index contributed by atoms with van der Waals surface area (Å²) < 4.78 is 27.1. The van der Waals surface area contributed by atoms with Crippen molar-refractivity contribution in [3.05, 3.63) is 95.5 Å². The molecule has 0 aliphatic carbocycles. The Morgan fingerprint density at radius 1 is 1.07 bits per heavy atom. The lowest BCUT2D eigenvalue weighted by molar-refractivity contribution is -0.138. The van der Waals surface area contributed by atoms with Crippen LogP contribution in [0.2, 0.25) is 0 Å². The van der Waals surface area contributed by atoms with E-state index in [0.29, 0.717) is 16.2 Å². The van der Waals surface area contributed by atoms with Crippen LogP contribution in [-0.4, -0.2) is 16.8 Å². The second-order valence-corrected chi connectivity index (χ2v) is 8.02. The van der Waals surface area contributed by atoms with Crippen LogP contribution in [0.3, 0.4) is 0 Å². The summed E-state index contributed by atoms with van der Waals surface area (Å²) in [5.74, 6) is 0.00227. The fourth-order valence-electron chi connectivity index (χ4n) is 3.09. The summed E-state index contributed by atoms with van der Waals surface area (Å²) in [6.07, 6.45) is 1.53. The minimum atomic E-state index is -1.57. The average Bonchev–Trinajstić information content (AvgIpc) is 3.29. The van der Waals surface area contributed by atoms with Crippen LogP contribution in [0, 0.1) is 6.92 Å². The zero-order valence-electron chi connectivity index (χ0n) is 17.3. The standard InChI is InChI=1S/C24H25NO4S/c1-4-28-24(26)22(18(3)19-9-6-5-7-10-19)23(21-11-8-16-29-21)25-30(27)20-14-12-17(2)13-15-20/h5-16,23,25H,4H2,1-3H3/b22-18-/t23-,30?/m0/s1. The quantitative estimate of drug-likeness (QED) is 0.410. The molecular weight excluding hydrogens is 398 g/mol. The van der Waals surface area contributed by atoms with Gasteiger partial charge in [0.2, 0.25) is 0 Å². The van der Waals surface area contributed by atoms with E-state index >= 15 is 0 Å². The topological polar surface area (TPSA) is 68.5 Å². The first-order chi connectivity index (χ1) is 14.5. The van der Waals surface area contributed by atoms with Crippen molar-refractivity contribution in [2.45, 2.75) is 31.7 Å². The van der Waals surface area contributed by atoms with E-state index in [4.69, 9.17) is 9.15 Å². The van der Waals surface area contributed by atoms with Gasteiger partial charge in [0, 0.05) is 0 Å². The molecule has 1 unspecified atom stereocenters. The van der Waals surface area contributed by atoms with Crippen molar-refractivity contribution in [1.29, 1.82) is 0 Å². The molecule has 6 heteroatoms. The molecule has 1 aromatic heterocycles. The number of esters is 1. The van der Waals surface area contributed by atoms with Gasteiger partial charge in [-0.3, -0.25) is 0 Å². The second-order valence-electron chi connectivity index (χ2n) is 6.77. The van der Waals surface area contributed by atoms with Crippen LogP contribution in [0.15, 0.2) is 87.9 Å². The molecule has 0 saturated carbocycles. The zero-order chi connectivity index (χ0) is 21.5. The van der Waals surface area contributed by atoms with E-state index in [2.05, 4.69) is 4.72 Å². The first-order valence-electron chi connectivity index (χ1n) is 9.72. The summed E-state index contributed by atoms with van der Waals surface area (Å²) >= 11 is 0. The van der Waals surface area contributed by atoms with E-state index < -0.39 is 23.0 Å². The number of nitrogens with one attached hydrogen (secondary N) is 1. The number of rotatable bonds is 8. The van der Waals surface area contributed by atoms with E-state index in [1.807, 2.05) is 56.3 Å². The van der Waals surface area contributed by atoms with Crippen LogP contribution in [-0.2, 0) is 20.5 Å². The zero-order valence-corrected chi connectivity index (χ0v) is 18.1. The maximum Gasteiger partial charge on any atom is 0.336 e. The number of ether oxygens (including phenoxy) is 1. The van der Waals surface area contributed by atoms with E-state index in [-0.39, 0.29) is 6.61 Å². The highest BCUT2D eigenvalue weighted by atomic mass is 32.2. The Hall–Kier alpha value is -2.96. The Labute approximate surface area is 179 Å². The lowest BCUT2D eigenvalue weighted by atomic mass is 9.95. The van der Waals surface area contributed by atoms with Gasteiger partial charge >= 0.3 is 5.97 Å². The highest BCUT2D eigenvalue weighted by Gasteiger charge is 2.30. The van der Waals surface area contributed by atoms with Crippen LogP contribution in [0.5, 0.6) is 0 Å². The summed E-state index contributed by atoms with van der Waals surface area (Å²) in [7, 11) is -1.57. The molecule has 3 rings (SSSR count). The van der Waals surface area contributed by atoms with Gasteiger partial charge in [0.25, 0.3) is 0 Å². The molecule has 0 spiro atoms. The van der Waals surface area contributed by atoms with Crippen molar-refractivity contribution in [3.8, 4) is 0 Å². The molecule has 0 saturated heterocycles. The molecule has 5 nitrogen and oxygen atoms in total. The van der Waals surface area contributed by atoms with Crippen molar-refractivity contribution < 1.29 is 18.2 Å². The van der Waals surface area contributed by atoms with Gasteiger partial charge in [0.05, 0.1) is 23.3 Å². The third kappa shape index (κ3) is 5.14. The normalized spacial score (nSPS) is 14.0. The summed E-state index contributed by atoms with van der Waals surface area (Å²) in [4.78, 5) is 13.6. The molecule has 156 valence electrons. The minimum Gasteiger partial charge on any atom is -0.467 e. The van der Waals surface area contributed by atoms with Crippen LogP contribution in [0.1, 0.15) is 36.8 Å². The monoisotopic (exact) mass is 423 g/mol. The van der Waals surface area contributed by atoms with Crippen LogP contribution < -0.4 is 4.72 Å². The highest BCUT2D eigenvalue weighted by molar-refractivity contribution is 7.83. The second kappa shape index (κ2) is 10.2. The molecule has 0 amide bonds. The number of allylic oxidation sites excluding steroid dienone is 1. The van der Waals surface area contributed by atoms with Gasteiger partial charge in [0.15, 0.2) is 0 Å². The SMILES string of the molecule is CCOC(=O)/C(=C(/C)c1ccccc1)[C@@H](NS(=O)c1ccc(C)cc1)c1ccco1. The first kappa shape index (κ1) is 21.7. The van der Waals surface area contributed by atoms with Gasteiger partial charge < -0.3 is 9.15 Å².